The molecule has 4 aromatic carbocycles. The Labute approximate surface area is 238 Å². The zero-order valence-electron chi connectivity index (χ0n) is 23.1. The predicted octanol–water partition coefficient (Wildman–Crippen LogP) is 7.82. The third kappa shape index (κ3) is 7.30. The smallest absolute Gasteiger partial charge is 0.407 e. The molecule has 2 atom stereocenters. The molecule has 4 aromatic rings. The van der Waals surface area contributed by atoms with Crippen molar-refractivity contribution in [2.45, 2.75) is 50.9 Å². The van der Waals surface area contributed by atoms with Crippen LogP contribution in [0, 0.1) is 0 Å². The molecule has 0 aromatic heterocycles. The van der Waals surface area contributed by atoms with E-state index in [0.29, 0.717) is 6.54 Å². The second-order valence-electron chi connectivity index (χ2n) is 10.7. The summed E-state index contributed by atoms with van der Waals surface area (Å²) >= 11 is 0. The van der Waals surface area contributed by atoms with Crippen molar-refractivity contribution in [3.05, 3.63) is 132 Å². The standard InChI is InChI=1S/C35H39N3O2/c39-35(40)37-25-23-34(38(31-18-9-3-10-19-31)32-20-11-4-12-21-32)26-33(37)22-13-24-36(27-29-14-5-1-6-15-29)28-30-16-7-2-8-17-30/h1-12,14-21,33-34H,13,22-28H2,(H,39,40)/t33-,34?/m0/s1. The van der Waals surface area contributed by atoms with Gasteiger partial charge in [-0.2, -0.15) is 0 Å². The van der Waals surface area contributed by atoms with Gasteiger partial charge in [-0.15, -0.1) is 0 Å². The second-order valence-corrected chi connectivity index (χ2v) is 10.7. The van der Waals surface area contributed by atoms with Crippen molar-refractivity contribution in [1.82, 2.24) is 9.80 Å². The number of anilines is 2. The van der Waals surface area contributed by atoms with Gasteiger partial charge in [-0.1, -0.05) is 97.1 Å². The summed E-state index contributed by atoms with van der Waals surface area (Å²) in [5.74, 6) is 0. The summed E-state index contributed by atoms with van der Waals surface area (Å²) in [4.78, 5) is 18.8. The van der Waals surface area contributed by atoms with Gasteiger partial charge in [-0.25, -0.2) is 4.79 Å². The van der Waals surface area contributed by atoms with Crippen molar-refractivity contribution >= 4 is 17.5 Å². The minimum atomic E-state index is -0.806. The van der Waals surface area contributed by atoms with E-state index in [-0.39, 0.29) is 12.1 Å². The molecule has 1 aliphatic heterocycles. The number of hydrogen-bond acceptors (Lipinski definition) is 3. The van der Waals surface area contributed by atoms with E-state index in [1.54, 1.807) is 4.90 Å². The van der Waals surface area contributed by atoms with Crippen molar-refractivity contribution in [1.29, 1.82) is 0 Å². The van der Waals surface area contributed by atoms with Gasteiger partial charge in [0.1, 0.15) is 0 Å². The van der Waals surface area contributed by atoms with E-state index < -0.39 is 6.09 Å². The van der Waals surface area contributed by atoms with Gasteiger partial charge in [0.25, 0.3) is 0 Å². The number of carbonyl (C=O) groups is 1. The number of likely N-dealkylation sites (tertiary alicyclic amines) is 1. The zero-order chi connectivity index (χ0) is 27.6. The fourth-order valence-corrected chi connectivity index (χ4v) is 5.99. The molecule has 1 amide bonds. The number of benzene rings is 4. The summed E-state index contributed by atoms with van der Waals surface area (Å²) in [5, 5.41) is 10.1. The number of nitrogens with zero attached hydrogens (tertiary/aromatic N) is 3. The van der Waals surface area contributed by atoms with Crippen molar-refractivity contribution in [2.24, 2.45) is 0 Å². The highest BCUT2D eigenvalue weighted by atomic mass is 16.4. The van der Waals surface area contributed by atoms with Crippen LogP contribution in [0.1, 0.15) is 36.8 Å². The van der Waals surface area contributed by atoms with Crippen LogP contribution in [0.15, 0.2) is 121 Å². The molecule has 1 aliphatic rings. The Morgan fingerprint density at radius 3 is 1.68 bits per heavy atom. The number of piperidine rings is 1. The molecule has 0 saturated carbocycles. The fraction of sp³-hybridized carbons (Fsp3) is 0.286. The average Bonchev–Trinajstić information content (AvgIpc) is 2.99. The highest BCUT2D eigenvalue weighted by Crippen LogP contribution is 2.34. The van der Waals surface area contributed by atoms with Gasteiger partial charge in [0.05, 0.1) is 0 Å². The van der Waals surface area contributed by atoms with Gasteiger partial charge in [0.15, 0.2) is 0 Å². The van der Waals surface area contributed by atoms with Crippen LogP contribution >= 0.6 is 0 Å². The quantitative estimate of drug-likeness (QED) is 0.214. The number of hydrogen-bond donors (Lipinski definition) is 1. The van der Waals surface area contributed by atoms with E-state index in [0.717, 1.165) is 56.7 Å². The lowest BCUT2D eigenvalue weighted by Crippen LogP contribution is -2.51. The first-order valence-electron chi connectivity index (χ1n) is 14.4. The molecule has 0 aliphatic carbocycles. The number of rotatable bonds is 11. The Balaban J connectivity index is 1.29. The molecule has 1 N–H and O–H groups in total. The van der Waals surface area contributed by atoms with Crippen molar-refractivity contribution < 1.29 is 9.90 Å². The monoisotopic (exact) mass is 533 g/mol. The molecule has 1 saturated heterocycles. The first kappa shape index (κ1) is 27.5. The second kappa shape index (κ2) is 13.8. The van der Waals surface area contributed by atoms with Crippen molar-refractivity contribution in [3.8, 4) is 0 Å². The first-order valence-corrected chi connectivity index (χ1v) is 14.4. The summed E-state index contributed by atoms with van der Waals surface area (Å²) < 4.78 is 0. The molecule has 5 rings (SSSR count). The van der Waals surface area contributed by atoms with Crippen LogP contribution in [0.4, 0.5) is 16.2 Å². The molecular formula is C35H39N3O2. The minimum Gasteiger partial charge on any atom is -0.465 e. The molecule has 206 valence electrons. The molecule has 1 fully saturated rings. The van der Waals surface area contributed by atoms with Crippen LogP contribution in [0.5, 0.6) is 0 Å². The molecule has 5 nitrogen and oxygen atoms in total. The van der Waals surface area contributed by atoms with Crippen LogP contribution in [0.3, 0.4) is 0 Å². The predicted molar refractivity (Wildman–Crippen MR) is 163 cm³/mol. The Kier molecular flexibility index (Phi) is 9.49. The van der Waals surface area contributed by atoms with Gasteiger partial charge in [0, 0.05) is 43.1 Å². The minimum absolute atomic E-state index is 0.0125. The molecule has 0 radical (unpaired) electrons. The van der Waals surface area contributed by atoms with Crippen LogP contribution in [0.25, 0.3) is 0 Å². The molecule has 5 heteroatoms. The third-order valence-electron chi connectivity index (χ3n) is 7.88. The highest BCUT2D eigenvalue weighted by molar-refractivity contribution is 5.67. The summed E-state index contributed by atoms with van der Waals surface area (Å²) in [6.07, 6.45) is 2.60. The fourth-order valence-electron chi connectivity index (χ4n) is 5.99. The maximum Gasteiger partial charge on any atom is 0.407 e. The average molecular weight is 534 g/mol. The van der Waals surface area contributed by atoms with Gasteiger partial charge in [-0.05, 0) is 67.6 Å². The Hall–Kier alpha value is -4.09. The normalized spacial score (nSPS) is 17.1. The van der Waals surface area contributed by atoms with Gasteiger partial charge in [0.2, 0.25) is 0 Å². The summed E-state index contributed by atoms with van der Waals surface area (Å²) in [7, 11) is 0. The van der Waals surface area contributed by atoms with E-state index in [1.807, 2.05) is 12.1 Å². The van der Waals surface area contributed by atoms with Crippen LogP contribution in [-0.4, -0.2) is 46.2 Å². The molecule has 1 heterocycles. The molecular weight excluding hydrogens is 494 g/mol. The van der Waals surface area contributed by atoms with Gasteiger partial charge >= 0.3 is 6.09 Å². The van der Waals surface area contributed by atoms with E-state index in [9.17, 15) is 9.90 Å². The third-order valence-corrected chi connectivity index (χ3v) is 7.88. The summed E-state index contributed by atoms with van der Waals surface area (Å²) in [6.45, 7) is 3.22. The Morgan fingerprint density at radius 1 is 0.725 bits per heavy atom. The topological polar surface area (TPSA) is 47.0 Å². The van der Waals surface area contributed by atoms with E-state index >= 15 is 0 Å². The lowest BCUT2D eigenvalue weighted by atomic mass is 9.92. The van der Waals surface area contributed by atoms with Crippen LogP contribution < -0.4 is 4.90 Å². The molecule has 40 heavy (non-hydrogen) atoms. The van der Waals surface area contributed by atoms with Crippen LogP contribution in [-0.2, 0) is 13.1 Å². The van der Waals surface area contributed by atoms with Crippen LogP contribution in [0.2, 0.25) is 0 Å². The largest absolute Gasteiger partial charge is 0.465 e. The first-order chi connectivity index (χ1) is 19.7. The van der Waals surface area contributed by atoms with E-state index in [2.05, 4.69) is 119 Å². The lowest BCUT2D eigenvalue weighted by Gasteiger charge is -2.43. The maximum absolute atomic E-state index is 12.3. The molecule has 0 spiro atoms. The van der Waals surface area contributed by atoms with Crippen molar-refractivity contribution in [2.75, 3.05) is 18.0 Å². The van der Waals surface area contributed by atoms with E-state index in [4.69, 9.17) is 0 Å². The summed E-state index contributed by atoms with van der Waals surface area (Å²) in [6, 6.07) is 42.4. The van der Waals surface area contributed by atoms with Crippen molar-refractivity contribution in [3.63, 3.8) is 0 Å². The lowest BCUT2D eigenvalue weighted by molar-refractivity contribution is 0.0951. The SMILES string of the molecule is O=C(O)N1CCC(N(c2ccccc2)c2ccccc2)C[C@@H]1CCCN(Cc1ccccc1)Cc1ccccc1. The number of amides is 1. The maximum atomic E-state index is 12.3. The van der Waals surface area contributed by atoms with Gasteiger partial charge in [-0.3, -0.25) is 4.90 Å². The Bertz CT molecular complexity index is 1220. The van der Waals surface area contributed by atoms with E-state index in [1.165, 1.54) is 11.1 Å². The number of para-hydroxylation sites is 2. The molecule has 0 bridgehead atoms. The van der Waals surface area contributed by atoms with Gasteiger partial charge < -0.3 is 14.9 Å². The summed E-state index contributed by atoms with van der Waals surface area (Å²) in [5.41, 5.74) is 4.89. The Morgan fingerprint density at radius 2 is 1.20 bits per heavy atom. The zero-order valence-corrected chi connectivity index (χ0v) is 23.1. The molecule has 1 unspecified atom stereocenters. The number of carboxylic acid groups (broad SMARTS) is 1. The highest BCUT2D eigenvalue weighted by Gasteiger charge is 2.34.